The van der Waals surface area contributed by atoms with E-state index in [-0.39, 0.29) is 12.1 Å². The maximum Gasteiger partial charge on any atom is 0.243 e. The largest absolute Gasteiger partial charge is 0.324 e. The summed E-state index contributed by atoms with van der Waals surface area (Å²) in [5, 5.41) is 0. The quantitative estimate of drug-likeness (QED) is 0.909. The number of hydrogen-bond acceptors (Lipinski definition) is 3. The third kappa shape index (κ3) is 3.47. The molecule has 5 heteroatoms. The van der Waals surface area contributed by atoms with E-state index in [9.17, 15) is 8.42 Å². The highest BCUT2D eigenvalue weighted by atomic mass is 32.2. The van der Waals surface area contributed by atoms with Gasteiger partial charge < -0.3 is 5.73 Å². The number of nitrogens with zero attached hydrogens (tertiary/aromatic N) is 1. The molecule has 1 heterocycles. The van der Waals surface area contributed by atoms with Crippen LogP contribution in [0.3, 0.4) is 0 Å². The zero-order valence-corrected chi connectivity index (χ0v) is 13.8. The highest BCUT2D eigenvalue weighted by molar-refractivity contribution is 7.89. The molecule has 1 saturated heterocycles. The van der Waals surface area contributed by atoms with E-state index in [4.69, 9.17) is 5.73 Å². The van der Waals surface area contributed by atoms with Gasteiger partial charge in [-0.1, -0.05) is 32.4 Å². The van der Waals surface area contributed by atoms with Gasteiger partial charge in [-0.05, 0) is 43.4 Å². The number of piperidine rings is 1. The lowest BCUT2D eigenvalue weighted by atomic mass is 10.0. The molecule has 2 N–H and O–H groups in total. The first-order valence-corrected chi connectivity index (χ1v) is 9.32. The minimum absolute atomic E-state index is 0.108. The third-order valence-corrected chi connectivity index (χ3v) is 6.32. The molecule has 4 nitrogen and oxygen atoms in total. The molecule has 1 aliphatic heterocycles. The van der Waals surface area contributed by atoms with Crippen LogP contribution in [0.2, 0.25) is 0 Å². The summed E-state index contributed by atoms with van der Waals surface area (Å²) in [6.45, 7) is 4.69. The molecule has 1 aromatic rings. The summed E-state index contributed by atoms with van der Waals surface area (Å²) in [5.74, 6) is 0. The highest BCUT2D eigenvalue weighted by Gasteiger charge is 2.32. The lowest BCUT2D eigenvalue weighted by molar-refractivity contribution is 0.246. The van der Waals surface area contributed by atoms with Crippen molar-refractivity contribution in [1.82, 2.24) is 4.31 Å². The normalized spacial score (nSPS) is 22.1. The van der Waals surface area contributed by atoms with Crippen LogP contribution in [0.5, 0.6) is 0 Å². The summed E-state index contributed by atoms with van der Waals surface area (Å²) in [4.78, 5) is 0.379. The minimum Gasteiger partial charge on any atom is -0.324 e. The predicted molar refractivity (Wildman–Crippen MR) is 85.5 cm³/mol. The Balaban J connectivity index is 2.34. The first-order valence-electron chi connectivity index (χ1n) is 7.88. The van der Waals surface area contributed by atoms with E-state index >= 15 is 0 Å². The Bertz CT molecular complexity index is 571. The molecular formula is C16H26N2O2S. The number of sulfonamides is 1. The Kier molecular flexibility index (Phi) is 5.41. The Morgan fingerprint density at radius 3 is 2.76 bits per heavy atom. The Hall–Kier alpha value is -0.910. The van der Waals surface area contributed by atoms with Crippen LogP contribution >= 0.6 is 0 Å². The molecule has 0 radical (unpaired) electrons. The number of hydrogen-bond donors (Lipinski definition) is 1. The molecule has 0 spiro atoms. The van der Waals surface area contributed by atoms with E-state index in [1.54, 1.807) is 22.5 Å². The van der Waals surface area contributed by atoms with E-state index in [0.717, 1.165) is 37.7 Å². The van der Waals surface area contributed by atoms with Gasteiger partial charge in [-0.25, -0.2) is 8.42 Å². The first kappa shape index (κ1) is 16.5. The van der Waals surface area contributed by atoms with E-state index in [2.05, 4.69) is 6.92 Å². The maximum atomic E-state index is 12.9. The van der Waals surface area contributed by atoms with Gasteiger partial charge in [0.1, 0.15) is 0 Å². The molecular weight excluding hydrogens is 284 g/mol. The zero-order valence-electron chi connectivity index (χ0n) is 13.0. The fourth-order valence-electron chi connectivity index (χ4n) is 2.98. The van der Waals surface area contributed by atoms with Gasteiger partial charge in [-0.15, -0.1) is 0 Å². The zero-order chi connectivity index (χ0) is 15.5. The lowest BCUT2D eigenvalue weighted by Gasteiger charge is -2.34. The van der Waals surface area contributed by atoms with Gasteiger partial charge in [0.05, 0.1) is 4.90 Å². The third-order valence-electron chi connectivity index (χ3n) is 4.38. The van der Waals surface area contributed by atoms with Crippen LogP contribution in [-0.2, 0) is 10.0 Å². The van der Waals surface area contributed by atoms with Crippen molar-refractivity contribution in [3.05, 3.63) is 29.8 Å². The molecule has 21 heavy (non-hydrogen) atoms. The standard InChI is InChI=1S/C16H26N2O2S/c1-3-14-9-5-6-11-18(14)21(19,20)15-10-7-8-13(12-15)16(17)4-2/h7-8,10,12,14,16H,3-6,9,11,17H2,1-2H3. The van der Waals surface area contributed by atoms with Gasteiger partial charge in [0.2, 0.25) is 10.0 Å². The van der Waals surface area contributed by atoms with Crippen LogP contribution in [0.15, 0.2) is 29.2 Å². The highest BCUT2D eigenvalue weighted by Crippen LogP contribution is 2.28. The van der Waals surface area contributed by atoms with Gasteiger partial charge in [0, 0.05) is 18.6 Å². The average Bonchev–Trinajstić information content (AvgIpc) is 2.54. The van der Waals surface area contributed by atoms with Crippen molar-refractivity contribution in [1.29, 1.82) is 0 Å². The van der Waals surface area contributed by atoms with Crippen molar-refractivity contribution >= 4 is 10.0 Å². The van der Waals surface area contributed by atoms with Crippen molar-refractivity contribution in [2.24, 2.45) is 5.73 Å². The summed E-state index contributed by atoms with van der Waals surface area (Å²) in [5.41, 5.74) is 6.92. The SMILES string of the molecule is CCC(N)c1cccc(S(=O)(=O)N2CCCCC2CC)c1. The van der Waals surface area contributed by atoms with Crippen LogP contribution < -0.4 is 5.73 Å². The van der Waals surface area contributed by atoms with Gasteiger partial charge in [0.15, 0.2) is 0 Å². The summed E-state index contributed by atoms with van der Waals surface area (Å²) in [7, 11) is -3.41. The summed E-state index contributed by atoms with van der Waals surface area (Å²) in [6.07, 6.45) is 4.69. The lowest BCUT2D eigenvalue weighted by Crippen LogP contribution is -2.43. The molecule has 0 saturated carbocycles. The second kappa shape index (κ2) is 6.90. The van der Waals surface area contributed by atoms with E-state index in [1.165, 1.54) is 0 Å². The fourth-order valence-corrected chi connectivity index (χ4v) is 4.80. The van der Waals surface area contributed by atoms with Crippen LogP contribution in [0.1, 0.15) is 57.6 Å². The number of nitrogens with two attached hydrogens (primary N) is 1. The van der Waals surface area contributed by atoms with Gasteiger partial charge in [-0.3, -0.25) is 0 Å². The van der Waals surface area contributed by atoms with Crippen molar-refractivity contribution in [3.8, 4) is 0 Å². The molecule has 0 amide bonds. The first-order chi connectivity index (χ1) is 10.0. The molecule has 1 aromatic carbocycles. The molecule has 2 rings (SSSR count). The second-order valence-electron chi connectivity index (χ2n) is 5.76. The molecule has 118 valence electrons. The Labute approximate surface area is 128 Å². The van der Waals surface area contributed by atoms with Crippen molar-refractivity contribution in [2.45, 2.75) is 62.9 Å². The van der Waals surface area contributed by atoms with Crippen LogP contribution in [0, 0.1) is 0 Å². The van der Waals surface area contributed by atoms with Crippen molar-refractivity contribution in [3.63, 3.8) is 0 Å². The van der Waals surface area contributed by atoms with Crippen LogP contribution in [0.25, 0.3) is 0 Å². The monoisotopic (exact) mass is 310 g/mol. The summed E-state index contributed by atoms with van der Waals surface area (Å²) < 4.78 is 27.5. The topological polar surface area (TPSA) is 63.4 Å². The molecule has 0 aliphatic carbocycles. The number of benzene rings is 1. The molecule has 1 fully saturated rings. The molecule has 1 aliphatic rings. The number of rotatable bonds is 5. The van der Waals surface area contributed by atoms with Gasteiger partial charge in [0.25, 0.3) is 0 Å². The van der Waals surface area contributed by atoms with E-state index in [0.29, 0.717) is 11.4 Å². The predicted octanol–water partition coefficient (Wildman–Crippen LogP) is 3.05. The van der Waals surface area contributed by atoms with Crippen molar-refractivity contribution < 1.29 is 8.42 Å². The second-order valence-corrected chi connectivity index (χ2v) is 7.65. The van der Waals surface area contributed by atoms with E-state index < -0.39 is 10.0 Å². The van der Waals surface area contributed by atoms with Crippen LogP contribution in [0.4, 0.5) is 0 Å². The minimum atomic E-state index is -3.41. The maximum absolute atomic E-state index is 12.9. The molecule has 2 unspecified atom stereocenters. The van der Waals surface area contributed by atoms with Crippen molar-refractivity contribution in [2.75, 3.05) is 6.54 Å². The molecule has 0 bridgehead atoms. The molecule has 2 atom stereocenters. The molecule has 0 aromatic heterocycles. The summed E-state index contributed by atoms with van der Waals surface area (Å²) >= 11 is 0. The van der Waals surface area contributed by atoms with Gasteiger partial charge >= 0.3 is 0 Å². The van der Waals surface area contributed by atoms with Crippen LogP contribution in [-0.4, -0.2) is 25.3 Å². The van der Waals surface area contributed by atoms with E-state index in [1.807, 2.05) is 13.0 Å². The Morgan fingerprint density at radius 1 is 1.33 bits per heavy atom. The average molecular weight is 310 g/mol. The fraction of sp³-hybridized carbons (Fsp3) is 0.625. The Morgan fingerprint density at radius 2 is 2.10 bits per heavy atom. The summed E-state index contributed by atoms with van der Waals surface area (Å²) in [6, 6.07) is 7.15. The van der Waals surface area contributed by atoms with Gasteiger partial charge in [-0.2, -0.15) is 4.31 Å². The smallest absolute Gasteiger partial charge is 0.243 e.